The molecule has 4 rings (SSSR count). The molecule has 0 unspecified atom stereocenters. The number of ether oxygens (including phenoxy) is 1. The van der Waals surface area contributed by atoms with E-state index in [0.717, 1.165) is 12.8 Å². The number of hydrogen-bond donors (Lipinski definition) is 1. The van der Waals surface area contributed by atoms with Gasteiger partial charge in [0.05, 0.1) is 20.5 Å². The first-order valence-electron chi connectivity index (χ1n) is 11.7. The highest BCUT2D eigenvalue weighted by molar-refractivity contribution is 7.16. The number of benzene rings is 1. The third-order valence-electron chi connectivity index (χ3n) is 5.00. The molecule has 1 saturated carbocycles. The van der Waals surface area contributed by atoms with Crippen LogP contribution in [0, 0.1) is 0 Å². The molecule has 1 aliphatic rings. The summed E-state index contributed by atoms with van der Waals surface area (Å²) in [4.78, 5) is 30.3. The van der Waals surface area contributed by atoms with Crippen molar-refractivity contribution in [1.29, 1.82) is 0 Å². The Morgan fingerprint density at radius 2 is 2.06 bits per heavy atom. The number of carbonyl (C=O) groups is 2. The molecule has 8 heteroatoms. The summed E-state index contributed by atoms with van der Waals surface area (Å²) >= 11 is 1.18. The van der Waals surface area contributed by atoms with E-state index in [1.54, 1.807) is 48.9 Å². The number of rotatable bonds is 12. The van der Waals surface area contributed by atoms with Crippen molar-refractivity contribution in [2.45, 2.75) is 51.1 Å². The Bertz CT molecular complexity index is 1130. The summed E-state index contributed by atoms with van der Waals surface area (Å²) in [5.41, 5.74) is 0.281. The second kappa shape index (κ2) is 10.5. The lowest BCUT2D eigenvalue weighted by Gasteiger charge is -2.23. The smallest absolute Gasteiger partial charge is 0.303 e. The standard InChI is InChI=1S/C24H26N2O5S/c27-22(28)10-2-1-5-13-30-19-8-4-3-7-17(19)16-26(18-11-12-18)24(29)23-25-15-21(32-23)20-9-6-14-31-20/h3-4,6-9,14-15,18H,1-2,5,10-13,16H2,(H,27,28)/i16D2. The van der Waals surface area contributed by atoms with Crippen molar-refractivity contribution in [2.75, 3.05) is 6.61 Å². The Balaban J connectivity index is 1.50. The lowest BCUT2D eigenvalue weighted by molar-refractivity contribution is -0.137. The van der Waals surface area contributed by atoms with Gasteiger partial charge in [-0.1, -0.05) is 18.2 Å². The third kappa shape index (κ3) is 5.76. The van der Waals surface area contributed by atoms with Crippen LogP contribution in [0.3, 0.4) is 0 Å². The molecule has 1 fully saturated rings. The number of unbranched alkanes of at least 4 members (excludes halogenated alkanes) is 2. The third-order valence-corrected chi connectivity index (χ3v) is 6.00. The lowest BCUT2D eigenvalue weighted by Crippen LogP contribution is -2.32. The maximum Gasteiger partial charge on any atom is 0.303 e. The van der Waals surface area contributed by atoms with Gasteiger partial charge in [-0.05, 0) is 50.3 Å². The maximum atomic E-state index is 13.4. The molecule has 0 bridgehead atoms. The van der Waals surface area contributed by atoms with Crippen molar-refractivity contribution in [3.05, 3.63) is 59.4 Å². The fourth-order valence-corrected chi connectivity index (χ4v) is 4.02. The topological polar surface area (TPSA) is 92.9 Å². The zero-order valence-electron chi connectivity index (χ0n) is 19.5. The summed E-state index contributed by atoms with van der Waals surface area (Å²) in [6, 6.07) is 10.2. The van der Waals surface area contributed by atoms with Crippen LogP contribution in [0.4, 0.5) is 0 Å². The van der Waals surface area contributed by atoms with Crippen LogP contribution < -0.4 is 4.74 Å². The number of para-hydroxylation sites is 1. The fraction of sp³-hybridized carbons (Fsp3) is 0.375. The number of carbonyl (C=O) groups excluding carboxylic acids is 1. The zero-order valence-corrected chi connectivity index (χ0v) is 18.3. The number of carboxylic acid groups (broad SMARTS) is 1. The van der Waals surface area contributed by atoms with Crippen molar-refractivity contribution in [3.8, 4) is 16.4 Å². The van der Waals surface area contributed by atoms with Crippen LogP contribution in [-0.2, 0) is 11.3 Å². The number of amides is 1. The second-order valence-corrected chi connectivity index (χ2v) is 8.60. The monoisotopic (exact) mass is 456 g/mol. The van der Waals surface area contributed by atoms with Gasteiger partial charge in [0.1, 0.15) is 11.5 Å². The molecule has 3 aromatic rings. The van der Waals surface area contributed by atoms with E-state index in [1.807, 2.05) is 0 Å². The Morgan fingerprint density at radius 3 is 2.81 bits per heavy atom. The van der Waals surface area contributed by atoms with Gasteiger partial charge < -0.3 is 19.2 Å². The molecule has 1 aromatic carbocycles. The van der Waals surface area contributed by atoms with Gasteiger partial charge in [-0.25, -0.2) is 4.98 Å². The predicted molar refractivity (Wildman–Crippen MR) is 121 cm³/mol. The van der Waals surface area contributed by atoms with Crippen molar-refractivity contribution in [2.24, 2.45) is 0 Å². The number of furan rings is 1. The SMILES string of the molecule is [2H]C([2H])(c1ccccc1OCCCCCC(=O)O)N(C(=O)c1ncc(-c2ccco2)s1)C1CC1. The average Bonchev–Trinajstić information content (AvgIpc) is 3.27. The van der Waals surface area contributed by atoms with E-state index < -0.39 is 18.4 Å². The van der Waals surface area contributed by atoms with E-state index in [2.05, 4.69) is 4.98 Å². The minimum absolute atomic E-state index is 0.121. The van der Waals surface area contributed by atoms with Crippen LogP contribution in [-0.4, -0.2) is 39.5 Å². The quantitative estimate of drug-likeness (QED) is 0.375. The van der Waals surface area contributed by atoms with Crippen LogP contribution in [0.25, 0.3) is 10.6 Å². The van der Waals surface area contributed by atoms with Gasteiger partial charge in [0.15, 0.2) is 5.01 Å². The van der Waals surface area contributed by atoms with Gasteiger partial charge in [-0.15, -0.1) is 11.3 Å². The largest absolute Gasteiger partial charge is 0.493 e. The molecule has 1 aliphatic carbocycles. The normalized spacial score (nSPS) is 14.5. The van der Waals surface area contributed by atoms with E-state index in [-0.39, 0.29) is 23.0 Å². The van der Waals surface area contributed by atoms with Crippen LogP contribution in [0.5, 0.6) is 5.75 Å². The minimum atomic E-state index is -2.10. The van der Waals surface area contributed by atoms with Crippen molar-refractivity contribution < 1.29 is 26.6 Å². The minimum Gasteiger partial charge on any atom is -0.493 e. The molecule has 0 radical (unpaired) electrons. The molecular formula is C24H26N2O5S. The lowest BCUT2D eigenvalue weighted by atomic mass is 10.1. The van der Waals surface area contributed by atoms with Gasteiger partial charge in [0, 0.05) is 30.7 Å². The van der Waals surface area contributed by atoms with Gasteiger partial charge in [0.2, 0.25) is 0 Å². The summed E-state index contributed by atoms with van der Waals surface area (Å²) < 4.78 is 29.1. The first-order chi connectivity index (χ1) is 16.4. The summed E-state index contributed by atoms with van der Waals surface area (Å²) in [5.74, 6) is -0.293. The number of nitrogens with zero attached hydrogens (tertiary/aromatic N) is 2. The highest BCUT2D eigenvalue weighted by Gasteiger charge is 2.35. The summed E-state index contributed by atoms with van der Waals surface area (Å²) in [6.45, 7) is -1.77. The molecule has 0 aliphatic heterocycles. The van der Waals surface area contributed by atoms with Crippen molar-refractivity contribution in [1.82, 2.24) is 9.88 Å². The summed E-state index contributed by atoms with van der Waals surface area (Å²) in [5, 5.41) is 8.95. The molecule has 7 nitrogen and oxygen atoms in total. The Hall–Kier alpha value is -3.13. The van der Waals surface area contributed by atoms with Crippen molar-refractivity contribution in [3.63, 3.8) is 0 Å². The first kappa shape index (κ1) is 19.5. The zero-order chi connectivity index (χ0) is 24.1. The second-order valence-electron chi connectivity index (χ2n) is 7.57. The van der Waals surface area contributed by atoms with Gasteiger partial charge >= 0.3 is 5.97 Å². The molecule has 32 heavy (non-hydrogen) atoms. The molecule has 1 amide bonds. The number of aromatic nitrogens is 1. The van der Waals surface area contributed by atoms with Crippen LogP contribution in [0.2, 0.25) is 0 Å². The Morgan fingerprint density at radius 1 is 1.22 bits per heavy atom. The van der Waals surface area contributed by atoms with Crippen LogP contribution in [0.1, 0.15) is 56.6 Å². The highest BCUT2D eigenvalue weighted by atomic mass is 32.1. The molecule has 1 N–H and O–H groups in total. The number of aliphatic carboxylic acids is 1. The molecule has 2 heterocycles. The van der Waals surface area contributed by atoms with E-state index >= 15 is 0 Å². The Kier molecular flexibility index (Phi) is 6.39. The van der Waals surface area contributed by atoms with Crippen LogP contribution >= 0.6 is 11.3 Å². The molecular weight excluding hydrogens is 428 g/mol. The van der Waals surface area contributed by atoms with Gasteiger partial charge in [0.25, 0.3) is 5.91 Å². The fourth-order valence-electron chi connectivity index (χ4n) is 3.20. The first-order valence-corrected chi connectivity index (χ1v) is 11.5. The van der Waals surface area contributed by atoms with E-state index in [0.29, 0.717) is 42.3 Å². The van der Waals surface area contributed by atoms with Crippen LogP contribution in [0.15, 0.2) is 53.3 Å². The number of hydrogen-bond acceptors (Lipinski definition) is 6. The van der Waals surface area contributed by atoms with Gasteiger partial charge in [-0.2, -0.15) is 0 Å². The van der Waals surface area contributed by atoms with E-state index in [4.69, 9.17) is 17.0 Å². The number of thiazole rings is 1. The highest BCUT2D eigenvalue weighted by Crippen LogP contribution is 2.34. The Labute approximate surface area is 193 Å². The molecule has 0 atom stereocenters. The molecule has 0 spiro atoms. The van der Waals surface area contributed by atoms with E-state index in [1.165, 1.54) is 16.2 Å². The number of carboxylic acids is 1. The molecule has 0 saturated heterocycles. The average molecular weight is 457 g/mol. The van der Waals surface area contributed by atoms with E-state index in [9.17, 15) is 9.59 Å². The predicted octanol–water partition coefficient (Wildman–Crippen LogP) is 5.23. The summed E-state index contributed by atoms with van der Waals surface area (Å²) in [6.07, 6.45) is 6.63. The van der Waals surface area contributed by atoms with Crippen molar-refractivity contribution >= 4 is 23.2 Å². The molecule has 2 aromatic heterocycles. The molecule has 168 valence electrons. The maximum absolute atomic E-state index is 13.4. The van der Waals surface area contributed by atoms with Gasteiger partial charge in [-0.3, -0.25) is 9.59 Å². The summed E-state index contributed by atoms with van der Waals surface area (Å²) in [7, 11) is 0.